The monoisotopic (exact) mass is 151 g/mol. The van der Waals surface area contributed by atoms with Crippen LogP contribution in [-0.2, 0) is 0 Å². The standard InChI is InChI=1S/C8H11N2O/c1-5-6(2)8(10-11)4-3-7(5)9/h3-4,10H,9H2,1-2H3/q-1. The molecule has 3 heteroatoms. The normalized spacial score (nSPS) is 9.73. The van der Waals surface area contributed by atoms with Crippen molar-refractivity contribution in [2.24, 2.45) is 0 Å². The fourth-order valence-electron chi connectivity index (χ4n) is 0.952. The van der Waals surface area contributed by atoms with E-state index in [9.17, 15) is 5.21 Å². The molecule has 0 atom stereocenters. The van der Waals surface area contributed by atoms with Crippen molar-refractivity contribution in [2.45, 2.75) is 13.8 Å². The van der Waals surface area contributed by atoms with Crippen LogP contribution in [0.15, 0.2) is 12.1 Å². The largest absolute Gasteiger partial charge is 0.761 e. The van der Waals surface area contributed by atoms with Gasteiger partial charge in [0.1, 0.15) is 0 Å². The maximum absolute atomic E-state index is 10.3. The molecule has 1 rings (SSSR count). The molecule has 0 aromatic heterocycles. The predicted octanol–water partition coefficient (Wildman–Crippen LogP) is 1.80. The lowest BCUT2D eigenvalue weighted by molar-refractivity contribution is 1.34. The van der Waals surface area contributed by atoms with Gasteiger partial charge >= 0.3 is 0 Å². The van der Waals surface area contributed by atoms with Gasteiger partial charge in [0.15, 0.2) is 0 Å². The third-order valence-corrected chi connectivity index (χ3v) is 1.94. The molecule has 1 aromatic carbocycles. The van der Waals surface area contributed by atoms with E-state index in [1.807, 2.05) is 19.3 Å². The summed E-state index contributed by atoms with van der Waals surface area (Å²) >= 11 is 0. The van der Waals surface area contributed by atoms with Crippen molar-refractivity contribution in [2.75, 3.05) is 11.2 Å². The second-order valence-corrected chi connectivity index (χ2v) is 2.55. The highest BCUT2D eigenvalue weighted by Crippen LogP contribution is 2.22. The van der Waals surface area contributed by atoms with E-state index >= 15 is 0 Å². The molecule has 0 unspecified atom stereocenters. The Morgan fingerprint density at radius 1 is 1.27 bits per heavy atom. The van der Waals surface area contributed by atoms with Crippen molar-refractivity contribution in [3.63, 3.8) is 0 Å². The molecule has 0 aliphatic heterocycles. The first-order chi connectivity index (χ1) is 5.16. The quantitative estimate of drug-likeness (QED) is 0.475. The number of hydrogen-bond donors (Lipinski definition) is 2. The van der Waals surface area contributed by atoms with E-state index < -0.39 is 0 Å². The molecular weight excluding hydrogens is 140 g/mol. The summed E-state index contributed by atoms with van der Waals surface area (Å²) in [5, 5.41) is 10.3. The van der Waals surface area contributed by atoms with E-state index in [0.717, 1.165) is 16.8 Å². The Kier molecular flexibility index (Phi) is 2.01. The lowest BCUT2D eigenvalue weighted by atomic mass is 10.1. The van der Waals surface area contributed by atoms with Gasteiger partial charge in [0, 0.05) is 11.4 Å². The highest BCUT2D eigenvalue weighted by molar-refractivity contribution is 5.63. The highest BCUT2D eigenvalue weighted by atomic mass is 16.5. The van der Waals surface area contributed by atoms with Gasteiger partial charge in [-0.1, -0.05) is 0 Å². The average molecular weight is 151 g/mol. The molecule has 11 heavy (non-hydrogen) atoms. The van der Waals surface area contributed by atoms with Crippen molar-refractivity contribution in [3.05, 3.63) is 28.5 Å². The van der Waals surface area contributed by atoms with E-state index in [-0.39, 0.29) is 0 Å². The van der Waals surface area contributed by atoms with Crippen molar-refractivity contribution >= 4 is 11.4 Å². The van der Waals surface area contributed by atoms with Crippen LogP contribution in [0, 0.1) is 19.1 Å². The molecule has 3 N–H and O–H groups in total. The minimum absolute atomic E-state index is 0.594. The smallest absolute Gasteiger partial charge is 0.0347 e. The molecule has 0 saturated carbocycles. The molecule has 0 amide bonds. The summed E-state index contributed by atoms with van der Waals surface area (Å²) in [4.78, 5) is 0. The Bertz CT molecular complexity index is 271. The van der Waals surface area contributed by atoms with Crippen molar-refractivity contribution in [3.8, 4) is 0 Å². The Labute approximate surface area is 65.8 Å². The van der Waals surface area contributed by atoms with Gasteiger partial charge < -0.3 is 16.4 Å². The van der Waals surface area contributed by atoms with Crippen LogP contribution in [0.2, 0.25) is 0 Å². The maximum atomic E-state index is 10.3. The molecule has 0 spiro atoms. The SMILES string of the molecule is Cc1c(N)ccc(N[O-])c1C. The number of hydrogen-bond acceptors (Lipinski definition) is 3. The van der Waals surface area contributed by atoms with Crippen molar-refractivity contribution in [1.29, 1.82) is 0 Å². The third-order valence-electron chi connectivity index (χ3n) is 1.94. The number of nitrogens with one attached hydrogen (secondary N) is 1. The lowest BCUT2D eigenvalue weighted by Gasteiger charge is -2.15. The van der Waals surface area contributed by atoms with Gasteiger partial charge in [-0.15, -0.1) is 0 Å². The van der Waals surface area contributed by atoms with E-state index in [4.69, 9.17) is 5.73 Å². The zero-order chi connectivity index (χ0) is 8.43. The molecule has 0 aliphatic rings. The van der Waals surface area contributed by atoms with Crippen LogP contribution < -0.4 is 11.2 Å². The van der Waals surface area contributed by atoms with Crippen LogP contribution in [-0.4, -0.2) is 0 Å². The summed E-state index contributed by atoms with van der Waals surface area (Å²) in [6.45, 7) is 3.76. The summed E-state index contributed by atoms with van der Waals surface area (Å²) in [5.41, 5.74) is 10.7. The zero-order valence-corrected chi connectivity index (χ0v) is 6.64. The van der Waals surface area contributed by atoms with Gasteiger partial charge in [-0.2, -0.15) is 0 Å². The van der Waals surface area contributed by atoms with E-state index in [2.05, 4.69) is 0 Å². The van der Waals surface area contributed by atoms with Gasteiger partial charge in [0.25, 0.3) is 0 Å². The highest BCUT2D eigenvalue weighted by Gasteiger charge is 1.99. The van der Waals surface area contributed by atoms with Gasteiger partial charge in [0.2, 0.25) is 0 Å². The molecule has 0 heterocycles. The van der Waals surface area contributed by atoms with Crippen LogP contribution in [0.4, 0.5) is 11.4 Å². The first kappa shape index (κ1) is 7.88. The van der Waals surface area contributed by atoms with Gasteiger partial charge in [-0.25, -0.2) is 0 Å². The maximum Gasteiger partial charge on any atom is 0.0347 e. The van der Waals surface area contributed by atoms with Crippen LogP contribution in [0.1, 0.15) is 11.1 Å². The topological polar surface area (TPSA) is 61.1 Å². The number of rotatable bonds is 1. The minimum Gasteiger partial charge on any atom is -0.761 e. The molecule has 0 radical (unpaired) electrons. The van der Waals surface area contributed by atoms with Crippen LogP contribution in [0.5, 0.6) is 0 Å². The van der Waals surface area contributed by atoms with E-state index in [0.29, 0.717) is 5.69 Å². The molecular formula is C8H11N2O-. The number of nitrogens with two attached hydrogens (primary N) is 1. The fourth-order valence-corrected chi connectivity index (χ4v) is 0.952. The molecule has 3 nitrogen and oxygen atoms in total. The zero-order valence-electron chi connectivity index (χ0n) is 6.64. The first-order valence-corrected chi connectivity index (χ1v) is 3.40. The number of benzene rings is 1. The Hall–Kier alpha value is -1.22. The van der Waals surface area contributed by atoms with Crippen LogP contribution in [0.25, 0.3) is 0 Å². The van der Waals surface area contributed by atoms with Crippen molar-refractivity contribution in [1.82, 2.24) is 0 Å². The summed E-state index contributed by atoms with van der Waals surface area (Å²) in [6.07, 6.45) is 0. The fraction of sp³-hybridized carbons (Fsp3) is 0.250. The summed E-state index contributed by atoms with van der Waals surface area (Å²) in [6, 6.07) is 3.41. The lowest BCUT2D eigenvalue weighted by Crippen LogP contribution is -1.96. The summed E-state index contributed by atoms with van der Waals surface area (Å²) in [5.74, 6) is 0. The first-order valence-electron chi connectivity index (χ1n) is 3.40. The predicted molar refractivity (Wildman–Crippen MR) is 47.3 cm³/mol. The summed E-state index contributed by atoms with van der Waals surface area (Å²) in [7, 11) is 0. The molecule has 0 saturated heterocycles. The Balaban J connectivity index is 3.25. The van der Waals surface area contributed by atoms with Crippen LogP contribution >= 0.6 is 0 Å². The van der Waals surface area contributed by atoms with Gasteiger partial charge in [-0.05, 0) is 37.1 Å². The molecule has 1 aromatic rings. The van der Waals surface area contributed by atoms with E-state index in [1.54, 1.807) is 12.1 Å². The average Bonchev–Trinajstić information content (AvgIpc) is 2.01. The Morgan fingerprint density at radius 2 is 1.91 bits per heavy atom. The van der Waals surface area contributed by atoms with Crippen molar-refractivity contribution < 1.29 is 0 Å². The number of nitrogen functional groups attached to an aromatic ring is 1. The molecule has 0 bridgehead atoms. The number of anilines is 2. The Morgan fingerprint density at radius 3 is 2.45 bits per heavy atom. The summed E-state index contributed by atoms with van der Waals surface area (Å²) < 4.78 is 0. The second-order valence-electron chi connectivity index (χ2n) is 2.55. The van der Waals surface area contributed by atoms with Crippen LogP contribution in [0.3, 0.4) is 0 Å². The molecule has 0 aliphatic carbocycles. The minimum atomic E-state index is 0.594. The molecule has 0 fully saturated rings. The van der Waals surface area contributed by atoms with E-state index in [1.165, 1.54) is 0 Å². The second kappa shape index (κ2) is 2.80. The van der Waals surface area contributed by atoms with Gasteiger partial charge in [-0.3, -0.25) is 0 Å². The molecule has 60 valence electrons. The third kappa shape index (κ3) is 1.28. The van der Waals surface area contributed by atoms with Gasteiger partial charge in [0.05, 0.1) is 0 Å².